The number of nitrogens with zero attached hydrogens (tertiary/aromatic N) is 3. The number of rotatable bonds is 5. The van der Waals surface area contributed by atoms with E-state index in [1.54, 1.807) is 12.1 Å². The predicted octanol–water partition coefficient (Wildman–Crippen LogP) is 2.62. The van der Waals surface area contributed by atoms with Crippen LogP contribution in [0, 0.1) is 10.1 Å². The third-order valence-corrected chi connectivity index (χ3v) is 4.86. The fourth-order valence-corrected chi connectivity index (χ4v) is 3.27. The lowest BCUT2D eigenvalue weighted by Gasteiger charge is -2.28. The molecule has 0 aliphatic carbocycles. The second kappa shape index (κ2) is 9.51. The minimum Gasteiger partial charge on any atom is -0.378 e. The van der Waals surface area contributed by atoms with Crippen LogP contribution >= 0.6 is 12.2 Å². The molecule has 1 aliphatic heterocycles. The molecule has 3 rings (SSSR count). The first-order valence-electron chi connectivity index (χ1n) is 9.36. The average Bonchev–Trinajstić information content (AvgIpc) is 2.74. The van der Waals surface area contributed by atoms with Gasteiger partial charge in [-0.25, -0.2) is 0 Å². The Balaban J connectivity index is 1.69. The number of carbonyl (C=O) groups excluding carboxylic acids is 1. The van der Waals surface area contributed by atoms with Crippen LogP contribution in [0.15, 0.2) is 42.5 Å². The zero-order valence-corrected chi connectivity index (χ0v) is 17.6. The van der Waals surface area contributed by atoms with E-state index >= 15 is 0 Å². The minimum atomic E-state index is -0.519. The van der Waals surface area contributed by atoms with Gasteiger partial charge in [-0.3, -0.25) is 20.2 Å². The Hall–Kier alpha value is -3.24. The summed E-state index contributed by atoms with van der Waals surface area (Å²) >= 11 is 5.20. The number of benzene rings is 2. The molecule has 0 saturated carbocycles. The summed E-state index contributed by atoms with van der Waals surface area (Å²) < 4.78 is 5.29. The quantitative estimate of drug-likeness (QED) is 0.425. The number of morpholine rings is 1. The number of ether oxygens (including phenoxy) is 1. The molecule has 1 amide bonds. The molecular formula is C20H23N5O4S. The third kappa shape index (κ3) is 5.22. The SMILES string of the molecule is CN(C)c1ccc(NC(=S)NC(=O)c2ccc(N3CCOCC3)c([N+](=O)[O-])c2)cc1. The Morgan fingerprint density at radius 3 is 2.43 bits per heavy atom. The summed E-state index contributed by atoms with van der Waals surface area (Å²) in [6, 6.07) is 11.9. The van der Waals surface area contributed by atoms with Gasteiger partial charge in [0.15, 0.2) is 5.11 Å². The highest BCUT2D eigenvalue weighted by Crippen LogP contribution is 2.30. The molecule has 10 heteroatoms. The molecule has 1 fully saturated rings. The summed E-state index contributed by atoms with van der Waals surface area (Å²) in [7, 11) is 3.88. The fourth-order valence-electron chi connectivity index (χ4n) is 3.06. The highest BCUT2D eigenvalue weighted by molar-refractivity contribution is 7.80. The molecule has 158 valence electrons. The van der Waals surface area contributed by atoms with E-state index in [2.05, 4.69) is 10.6 Å². The number of nitro benzene ring substituents is 1. The number of anilines is 3. The molecule has 0 spiro atoms. The van der Waals surface area contributed by atoms with Crippen LogP contribution in [0.1, 0.15) is 10.4 Å². The number of nitro groups is 1. The molecule has 0 atom stereocenters. The summed E-state index contributed by atoms with van der Waals surface area (Å²) in [5, 5.41) is 17.2. The number of hydrogen-bond donors (Lipinski definition) is 2. The molecule has 1 heterocycles. The van der Waals surface area contributed by atoms with Crippen LogP contribution < -0.4 is 20.4 Å². The van der Waals surface area contributed by atoms with Crippen LogP contribution in [0.3, 0.4) is 0 Å². The first-order valence-corrected chi connectivity index (χ1v) is 9.77. The molecule has 0 unspecified atom stereocenters. The van der Waals surface area contributed by atoms with E-state index in [4.69, 9.17) is 17.0 Å². The van der Waals surface area contributed by atoms with Crippen molar-refractivity contribution in [2.75, 3.05) is 55.5 Å². The normalized spacial score (nSPS) is 13.5. The molecule has 2 N–H and O–H groups in total. The molecule has 30 heavy (non-hydrogen) atoms. The predicted molar refractivity (Wildman–Crippen MR) is 121 cm³/mol. The molecule has 2 aromatic rings. The largest absolute Gasteiger partial charge is 0.378 e. The zero-order chi connectivity index (χ0) is 21.7. The lowest BCUT2D eigenvalue weighted by atomic mass is 10.1. The maximum Gasteiger partial charge on any atom is 0.293 e. The Bertz CT molecular complexity index is 943. The van der Waals surface area contributed by atoms with E-state index in [0.717, 1.165) is 11.4 Å². The lowest BCUT2D eigenvalue weighted by molar-refractivity contribution is -0.384. The first kappa shape index (κ1) is 21.5. The van der Waals surface area contributed by atoms with Crippen LogP contribution in [0.4, 0.5) is 22.7 Å². The minimum absolute atomic E-state index is 0.109. The summed E-state index contributed by atoms with van der Waals surface area (Å²) in [6.45, 7) is 2.14. The van der Waals surface area contributed by atoms with Crippen molar-refractivity contribution in [2.24, 2.45) is 0 Å². The van der Waals surface area contributed by atoms with E-state index in [1.165, 1.54) is 6.07 Å². The van der Waals surface area contributed by atoms with Crippen LogP contribution in [0.2, 0.25) is 0 Å². The van der Waals surface area contributed by atoms with Crippen molar-refractivity contribution in [3.63, 3.8) is 0 Å². The van der Waals surface area contributed by atoms with Gasteiger partial charge in [0.1, 0.15) is 5.69 Å². The second-order valence-electron chi connectivity index (χ2n) is 6.91. The molecule has 9 nitrogen and oxygen atoms in total. The average molecular weight is 430 g/mol. The van der Waals surface area contributed by atoms with Gasteiger partial charge in [0.25, 0.3) is 11.6 Å². The topological polar surface area (TPSA) is 100.0 Å². The van der Waals surface area contributed by atoms with Crippen molar-refractivity contribution in [1.82, 2.24) is 5.32 Å². The highest BCUT2D eigenvalue weighted by Gasteiger charge is 2.23. The van der Waals surface area contributed by atoms with Gasteiger partial charge < -0.3 is 19.9 Å². The smallest absolute Gasteiger partial charge is 0.293 e. The van der Waals surface area contributed by atoms with E-state index in [0.29, 0.717) is 32.0 Å². The Morgan fingerprint density at radius 1 is 1.17 bits per heavy atom. The van der Waals surface area contributed by atoms with Crippen molar-refractivity contribution in [1.29, 1.82) is 0 Å². The molecule has 2 aromatic carbocycles. The summed E-state index contributed by atoms with van der Waals surface area (Å²) in [6.07, 6.45) is 0. The standard InChI is InChI=1S/C20H23N5O4S/c1-23(2)16-6-4-15(5-7-16)21-20(30)22-19(26)14-3-8-17(18(13-14)25(27)28)24-9-11-29-12-10-24/h3-8,13H,9-12H2,1-2H3,(H2,21,22,26,30). The summed E-state index contributed by atoms with van der Waals surface area (Å²) in [5.74, 6) is -0.519. The van der Waals surface area contributed by atoms with Gasteiger partial charge in [-0.05, 0) is 48.6 Å². The van der Waals surface area contributed by atoms with Gasteiger partial charge in [-0.1, -0.05) is 0 Å². The fraction of sp³-hybridized carbons (Fsp3) is 0.300. The van der Waals surface area contributed by atoms with Gasteiger partial charge in [0.2, 0.25) is 0 Å². The molecule has 0 radical (unpaired) electrons. The van der Waals surface area contributed by atoms with E-state index in [-0.39, 0.29) is 16.4 Å². The number of nitrogens with one attached hydrogen (secondary N) is 2. The molecule has 1 saturated heterocycles. The first-order chi connectivity index (χ1) is 14.3. The molecular weight excluding hydrogens is 406 g/mol. The van der Waals surface area contributed by atoms with Crippen molar-refractivity contribution in [3.05, 3.63) is 58.1 Å². The van der Waals surface area contributed by atoms with Crippen molar-refractivity contribution >= 4 is 46.0 Å². The van der Waals surface area contributed by atoms with Crippen molar-refractivity contribution < 1.29 is 14.5 Å². The van der Waals surface area contributed by atoms with Gasteiger partial charge in [0.05, 0.1) is 18.1 Å². The van der Waals surface area contributed by atoms with Gasteiger partial charge in [0, 0.05) is 50.2 Å². The summed E-state index contributed by atoms with van der Waals surface area (Å²) in [4.78, 5) is 27.5. The van der Waals surface area contributed by atoms with Crippen molar-refractivity contribution in [2.45, 2.75) is 0 Å². The number of carbonyl (C=O) groups is 1. The monoisotopic (exact) mass is 429 g/mol. The highest BCUT2D eigenvalue weighted by atomic mass is 32.1. The van der Waals surface area contributed by atoms with E-state index in [1.807, 2.05) is 48.2 Å². The third-order valence-electron chi connectivity index (χ3n) is 4.65. The van der Waals surface area contributed by atoms with Gasteiger partial charge in [-0.15, -0.1) is 0 Å². The van der Waals surface area contributed by atoms with E-state index in [9.17, 15) is 14.9 Å². The Labute approximate surface area is 179 Å². The number of amides is 1. The van der Waals surface area contributed by atoms with Crippen molar-refractivity contribution in [3.8, 4) is 0 Å². The lowest BCUT2D eigenvalue weighted by Crippen LogP contribution is -2.37. The molecule has 1 aliphatic rings. The van der Waals surface area contributed by atoms with E-state index < -0.39 is 10.8 Å². The second-order valence-corrected chi connectivity index (χ2v) is 7.32. The Morgan fingerprint density at radius 2 is 1.83 bits per heavy atom. The number of hydrogen-bond acceptors (Lipinski definition) is 7. The van der Waals surface area contributed by atoms with Crippen LogP contribution in [0.5, 0.6) is 0 Å². The van der Waals surface area contributed by atoms with Crippen LogP contribution in [0.25, 0.3) is 0 Å². The van der Waals surface area contributed by atoms with Crippen LogP contribution in [-0.4, -0.2) is 56.3 Å². The van der Waals surface area contributed by atoms with Gasteiger partial charge >= 0.3 is 0 Å². The number of thiocarbonyl (C=S) groups is 1. The maximum atomic E-state index is 12.5. The van der Waals surface area contributed by atoms with Crippen LogP contribution in [-0.2, 0) is 4.74 Å². The van der Waals surface area contributed by atoms with Gasteiger partial charge in [-0.2, -0.15) is 0 Å². The summed E-state index contributed by atoms with van der Waals surface area (Å²) in [5.41, 5.74) is 2.26. The molecule has 0 aromatic heterocycles. The maximum absolute atomic E-state index is 12.5. The molecule has 0 bridgehead atoms. The Kier molecular flexibility index (Phi) is 6.80. The zero-order valence-electron chi connectivity index (χ0n) is 16.8.